The Morgan fingerprint density at radius 3 is 2.61 bits per heavy atom. The van der Waals surface area contributed by atoms with Crippen LogP contribution in [0.2, 0.25) is 0 Å². The van der Waals surface area contributed by atoms with Crippen LogP contribution in [0.4, 0.5) is 0 Å². The number of carbonyl (C=O) groups excluding carboxylic acids is 3. The van der Waals surface area contributed by atoms with E-state index in [4.69, 9.17) is 5.73 Å². The molecule has 0 aromatic rings. The Kier molecular flexibility index (Phi) is 5.25. The monoisotopic (exact) mass is 342 g/mol. The molecule has 7 nitrogen and oxygen atoms in total. The van der Waals surface area contributed by atoms with E-state index in [9.17, 15) is 14.4 Å². The van der Waals surface area contributed by atoms with Gasteiger partial charge >= 0.3 is 0 Å². The first kappa shape index (κ1) is 18.1. The van der Waals surface area contributed by atoms with Crippen LogP contribution in [0.1, 0.15) is 40.0 Å². The Balaban J connectivity index is 2.26. The Labute approximate surface area is 141 Å². The second kappa shape index (κ2) is 6.68. The minimum Gasteiger partial charge on any atom is -0.368 e. The number of likely N-dealkylation sites (N-methyl/N-ethyl adjacent to an activating group) is 1. The minimum absolute atomic E-state index is 0.0568. The van der Waals surface area contributed by atoms with Crippen molar-refractivity contribution < 1.29 is 14.4 Å². The molecule has 4 atom stereocenters. The Hall–Kier alpha value is -1.28. The number of hydrogen-bond acceptors (Lipinski definition) is 5. The SMILES string of the molecule is CN[C@@H](C)C(=O)NC1CC(C)(C)SC2CCC(C(N)=O)N2C1=O. The molecule has 2 aliphatic rings. The number of primary amides is 1. The summed E-state index contributed by atoms with van der Waals surface area (Å²) in [6.45, 7) is 5.86. The van der Waals surface area contributed by atoms with Gasteiger partial charge in [-0.2, -0.15) is 0 Å². The fourth-order valence-corrected chi connectivity index (χ4v) is 4.80. The molecule has 23 heavy (non-hydrogen) atoms. The van der Waals surface area contributed by atoms with Gasteiger partial charge in [0.2, 0.25) is 17.7 Å². The van der Waals surface area contributed by atoms with Crippen molar-refractivity contribution in [3.63, 3.8) is 0 Å². The first-order valence-electron chi connectivity index (χ1n) is 7.93. The number of carbonyl (C=O) groups is 3. The lowest BCUT2D eigenvalue weighted by Gasteiger charge is -2.29. The van der Waals surface area contributed by atoms with Crippen LogP contribution in [0.15, 0.2) is 0 Å². The van der Waals surface area contributed by atoms with Gasteiger partial charge in [-0.15, -0.1) is 11.8 Å². The molecule has 3 amide bonds. The maximum absolute atomic E-state index is 12.9. The Bertz CT molecular complexity index is 511. The zero-order valence-corrected chi connectivity index (χ0v) is 14.9. The Morgan fingerprint density at radius 1 is 1.39 bits per heavy atom. The van der Waals surface area contributed by atoms with Gasteiger partial charge in [-0.05, 0) is 33.2 Å². The zero-order chi connectivity index (χ0) is 17.4. The highest BCUT2D eigenvalue weighted by molar-refractivity contribution is 8.01. The van der Waals surface area contributed by atoms with Crippen molar-refractivity contribution in [1.82, 2.24) is 15.5 Å². The molecule has 0 aliphatic carbocycles. The van der Waals surface area contributed by atoms with Crippen molar-refractivity contribution in [3.05, 3.63) is 0 Å². The highest BCUT2D eigenvalue weighted by Crippen LogP contribution is 2.44. The third-order valence-corrected chi connectivity index (χ3v) is 6.05. The Morgan fingerprint density at radius 2 is 2.04 bits per heavy atom. The molecule has 0 aromatic carbocycles. The van der Waals surface area contributed by atoms with Crippen LogP contribution in [0.5, 0.6) is 0 Å². The molecule has 2 rings (SSSR count). The fourth-order valence-electron chi connectivity index (χ4n) is 3.19. The van der Waals surface area contributed by atoms with E-state index in [1.165, 1.54) is 0 Å². The number of nitrogens with two attached hydrogens (primary N) is 1. The molecular weight excluding hydrogens is 316 g/mol. The first-order chi connectivity index (χ1) is 10.7. The van der Waals surface area contributed by atoms with Crippen molar-refractivity contribution in [2.45, 2.75) is 68.3 Å². The summed E-state index contributed by atoms with van der Waals surface area (Å²) >= 11 is 1.68. The molecule has 2 fully saturated rings. The summed E-state index contributed by atoms with van der Waals surface area (Å²) in [5.74, 6) is -0.902. The highest BCUT2D eigenvalue weighted by Gasteiger charge is 2.48. The molecule has 3 unspecified atom stereocenters. The second-order valence-corrected chi connectivity index (χ2v) is 8.73. The normalized spacial score (nSPS) is 31.2. The van der Waals surface area contributed by atoms with Crippen molar-refractivity contribution in [2.75, 3.05) is 7.05 Å². The van der Waals surface area contributed by atoms with E-state index in [0.29, 0.717) is 12.8 Å². The summed E-state index contributed by atoms with van der Waals surface area (Å²) < 4.78 is -0.178. The molecule has 2 heterocycles. The van der Waals surface area contributed by atoms with Crippen LogP contribution in [0.25, 0.3) is 0 Å². The van der Waals surface area contributed by atoms with Crippen LogP contribution >= 0.6 is 11.8 Å². The molecule has 0 spiro atoms. The topological polar surface area (TPSA) is 105 Å². The molecule has 8 heteroatoms. The number of fused-ring (bicyclic) bond motifs is 1. The second-order valence-electron chi connectivity index (χ2n) is 6.85. The van der Waals surface area contributed by atoms with Gasteiger partial charge in [0, 0.05) is 4.75 Å². The summed E-state index contributed by atoms with van der Waals surface area (Å²) in [6.07, 6.45) is 1.86. The third-order valence-electron chi connectivity index (χ3n) is 4.51. The molecular formula is C15H26N4O3S. The predicted octanol–water partition coefficient (Wildman–Crippen LogP) is -0.203. The smallest absolute Gasteiger partial charge is 0.246 e. The molecule has 0 bridgehead atoms. The quantitative estimate of drug-likeness (QED) is 0.656. The summed E-state index contributed by atoms with van der Waals surface area (Å²) in [5, 5.41) is 5.63. The van der Waals surface area contributed by atoms with Gasteiger partial charge in [-0.25, -0.2) is 0 Å². The minimum atomic E-state index is -0.634. The summed E-state index contributed by atoms with van der Waals surface area (Å²) in [5.41, 5.74) is 5.46. The predicted molar refractivity (Wildman–Crippen MR) is 89.6 cm³/mol. The summed E-state index contributed by atoms with van der Waals surface area (Å²) in [4.78, 5) is 38.4. The highest BCUT2D eigenvalue weighted by atomic mass is 32.2. The van der Waals surface area contributed by atoms with Gasteiger partial charge in [-0.1, -0.05) is 13.8 Å². The van der Waals surface area contributed by atoms with Crippen LogP contribution in [-0.2, 0) is 14.4 Å². The standard InChI is InChI=1S/C15H26N4O3S/c1-8(17-4)13(21)18-9-7-15(2,3)23-11-6-5-10(12(16)20)19(11)14(9)22/h8-11,17H,5-7H2,1-4H3,(H2,16,20)(H,18,21)/t8-,9?,10?,11?/m0/s1. The molecule has 130 valence electrons. The zero-order valence-electron chi connectivity index (χ0n) is 14.1. The van der Waals surface area contributed by atoms with E-state index in [1.807, 2.05) is 0 Å². The van der Waals surface area contributed by atoms with E-state index in [2.05, 4.69) is 24.5 Å². The lowest BCUT2D eigenvalue weighted by molar-refractivity contribution is -0.141. The van der Waals surface area contributed by atoms with Gasteiger partial charge < -0.3 is 21.3 Å². The lowest BCUT2D eigenvalue weighted by atomic mass is 10.0. The van der Waals surface area contributed by atoms with Crippen molar-refractivity contribution >= 4 is 29.5 Å². The molecule has 2 aliphatic heterocycles. The summed E-state index contributed by atoms with van der Waals surface area (Å²) in [7, 11) is 1.69. The van der Waals surface area contributed by atoms with Gasteiger partial charge in [-0.3, -0.25) is 14.4 Å². The molecule has 2 saturated heterocycles. The third kappa shape index (κ3) is 3.80. The maximum atomic E-state index is 12.9. The summed E-state index contributed by atoms with van der Waals surface area (Å²) in [6, 6.07) is -1.59. The number of rotatable bonds is 4. The van der Waals surface area contributed by atoms with Crippen LogP contribution < -0.4 is 16.4 Å². The van der Waals surface area contributed by atoms with Crippen molar-refractivity contribution in [1.29, 1.82) is 0 Å². The van der Waals surface area contributed by atoms with E-state index in [0.717, 1.165) is 6.42 Å². The van der Waals surface area contributed by atoms with Gasteiger partial charge in [0.05, 0.1) is 11.4 Å². The molecule has 4 N–H and O–H groups in total. The van der Waals surface area contributed by atoms with Gasteiger partial charge in [0.15, 0.2) is 0 Å². The van der Waals surface area contributed by atoms with E-state index >= 15 is 0 Å². The number of nitrogens with zero attached hydrogens (tertiary/aromatic N) is 1. The fraction of sp³-hybridized carbons (Fsp3) is 0.800. The van der Waals surface area contributed by atoms with Crippen LogP contribution in [0, 0.1) is 0 Å². The number of hydrogen-bond donors (Lipinski definition) is 3. The molecule has 0 saturated carbocycles. The van der Waals surface area contributed by atoms with Crippen molar-refractivity contribution in [3.8, 4) is 0 Å². The lowest BCUT2D eigenvalue weighted by Crippen LogP contribution is -2.55. The van der Waals surface area contributed by atoms with E-state index in [1.54, 1.807) is 30.6 Å². The first-order valence-corrected chi connectivity index (χ1v) is 8.81. The van der Waals surface area contributed by atoms with E-state index < -0.39 is 18.0 Å². The molecule has 0 radical (unpaired) electrons. The van der Waals surface area contributed by atoms with Crippen molar-refractivity contribution in [2.24, 2.45) is 5.73 Å². The van der Waals surface area contributed by atoms with Crippen LogP contribution in [0.3, 0.4) is 0 Å². The number of nitrogens with one attached hydrogen (secondary N) is 2. The van der Waals surface area contributed by atoms with Crippen LogP contribution in [-0.4, -0.2) is 57.9 Å². The average molecular weight is 342 g/mol. The maximum Gasteiger partial charge on any atom is 0.246 e. The van der Waals surface area contributed by atoms with Gasteiger partial charge in [0.25, 0.3) is 0 Å². The molecule has 0 aromatic heterocycles. The number of amides is 3. The largest absolute Gasteiger partial charge is 0.368 e. The van der Waals surface area contributed by atoms with E-state index in [-0.39, 0.29) is 28.0 Å². The van der Waals surface area contributed by atoms with Gasteiger partial charge in [0.1, 0.15) is 12.1 Å². The average Bonchev–Trinajstić information content (AvgIpc) is 2.83. The number of thioether (sulfide) groups is 1.